The van der Waals surface area contributed by atoms with Gasteiger partial charge in [0.1, 0.15) is 18.2 Å². The van der Waals surface area contributed by atoms with Gasteiger partial charge in [-0.15, -0.1) is 0 Å². The Kier molecular flexibility index (Phi) is 2.90. The van der Waals surface area contributed by atoms with Crippen molar-refractivity contribution < 1.29 is 4.74 Å². The average Bonchev–Trinajstić information content (AvgIpc) is 2.69. The third-order valence-electron chi connectivity index (χ3n) is 2.44. The summed E-state index contributed by atoms with van der Waals surface area (Å²) >= 11 is 0. The Morgan fingerprint density at radius 1 is 1.40 bits per heavy atom. The van der Waals surface area contributed by atoms with Gasteiger partial charge in [-0.25, -0.2) is 0 Å². The molecule has 0 radical (unpaired) electrons. The Morgan fingerprint density at radius 2 is 2.27 bits per heavy atom. The Labute approximate surface area is 90.2 Å². The summed E-state index contributed by atoms with van der Waals surface area (Å²) in [6.07, 6.45) is 0. The second-order valence-corrected chi connectivity index (χ2v) is 3.81. The highest BCUT2D eigenvalue weighted by molar-refractivity contribution is 5.85. The molecule has 80 valence electrons. The number of nitrogens with one attached hydrogen (secondary N) is 1. The zero-order valence-electron chi connectivity index (χ0n) is 9.21. The van der Waals surface area contributed by atoms with Crippen molar-refractivity contribution in [2.24, 2.45) is 4.99 Å². The molecule has 15 heavy (non-hydrogen) atoms. The van der Waals surface area contributed by atoms with Gasteiger partial charge < -0.3 is 10.1 Å². The average molecular weight is 204 g/mol. The van der Waals surface area contributed by atoms with Crippen molar-refractivity contribution >= 4 is 5.84 Å². The molecule has 0 unspecified atom stereocenters. The monoisotopic (exact) mass is 204 g/mol. The fourth-order valence-electron chi connectivity index (χ4n) is 1.65. The van der Waals surface area contributed by atoms with E-state index in [1.807, 2.05) is 6.07 Å². The van der Waals surface area contributed by atoms with Gasteiger partial charge in [0.2, 0.25) is 0 Å². The van der Waals surface area contributed by atoms with Gasteiger partial charge >= 0.3 is 0 Å². The quantitative estimate of drug-likeness (QED) is 0.812. The molecule has 1 heterocycles. The summed E-state index contributed by atoms with van der Waals surface area (Å²) in [5.41, 5.74) is 2.43. The van der Waals surface area contributed by atoms with E-state index in [2.05, 4.69) is 36.3 Å². The van der Waals surface area contributed by atoms with Gasteiger partial charge in [-0.2, -0.15) is 0 Å². The zero-order valence-corrected chi connectivity index (χ0v) is 9.21. The summed E-state index contributed by atoms with van der Waals surface area (Å²) in [6, 6.07) is 6.20. The molecule has 0 saturated carbocycles. The summed E-state index contributed by atoms with van der Waals surface area (Å²) in [5, 5.41) is 3.18. The second kappa shape index (κ2) is 4.34. The smallest absolute Gasteiger partial charge is 0.145 e. The van der Waals surface area contributed by atoms with E-state index in [1.54, 1.807) is 0 Å². The Morgan fingerprint density at radius 3 is 2.93 bits per heavy atom. The van der Waals surface area contributed by atoms with Gasteiger partial charge in [0.05, 0.1) is 6.54 Å². The number of rotatable bonds is 3. The van der Waals surface area contributed by atoms with Gasteiger partial charge in [0, 0.05) is 6.54 Å². The SMILES string of the molecule is Cc1ccc(OCC2=NCCN2)c(C)c1. The van der Waals surface area contributed by atoms with E-state index >= 15 is 0 Å². The number of hydrogen-bond donors (Lipinski definition) is 1. The van der Waals surface area contributed by atoms with Gasteiger partial charge in [-0.1, -0.05) is 17.7 Å². The molecule has 1 aromatic rings. The third-order valence-corrected chi connectivity index (χ3v) is 2.44. The summed E-state index contributed by atoms with van der Waals surface area (Å²) in [6.45, 7) is 6.49. The Hall–Kier alpha value is -1.51. The maximum Gasteiger partial charge on any atom is 0.145 e. The van der Waals surface area contributed by atoms with Gasteiger partial charge in [-0.05, 0) is 25.5 Å². The number of hydrogen-bond acceptors (Lipinski definition) is 3. The normalized spacial score (nSPS) is 14.7. The van der Waals surface area contributed by atoms with Crippen LogP contribution in [0.25, 0.3) is 0 Å². The number of benzene rings is 1. The first kappa shape index (κ1) is 10.0. The largest absolute Gasteiger partial charge is 0.485 e. The first-order valence-corrected chi connectivity index (χ1v) is 5.23. The molecule has 3 nitrogen and oxygen atoms in total. The topological polar surface area (TPSA) is 33.6 Å². The fourth-order valence-corrected chi connectivity index (χ4v) is 1.65. The van der Waals surface area contributed by atoms with Crippen LogP contribution in [0.4, 0.5) is 0 Å². The molecule has 1 N–H and O–H groups in total. The van der Waals surface area contributed by atoms with Crippen LogP contribution in [0.3, 0.4) is 0 Å². The number of nitrogens with zero attached hydrogens (tertiary/aromatic N) is 1. The summed E-state index contributed by atoms with van der Waals surface area (Å²) in [4.78, 5) is 4.28. The standard InChI is InChI=1S/C12H16N2O/c1-9-3-4-11(10(2)7-9)15-8-12-13-5-6-14-12/h3-4,7H,5-6,8H2,1-2H3,(H,13,14). The van der Waals surface area contributed by atoms with E-state index in [-0.39, 0.29) is 0 Å². The molecule has 1 aliphatic rings. The van der Waals surface area contributed by atoms with Crippen molar-refractivity contribution in [3.05, 3.63) is 29.3 Å². The van der Waals surface area contributed by atoms with Crippen molar-refractivity contribution in [2.45, 2.75) is 13.8 Å². The Bertz CT molecular complexity index is 385. The van der Waals surface area contributed by atoms with Crippen LogP contribution in [0, 0.1) is 13.8 Å². The molecule has 0 atom stereocenters. The highest BCUT2D eigenvalue weighted by atomic mass is 16.5. The van der Waals surface area contributed by atoms with Crippen molar-refractivity contribution in [2.75, 3.05) is 19.7 Å². The molecule has 3 heteroatoms. The predicted octanol–water partition coefficient (Wildman–Crippen LogP) is 1.68. The first-order valence-electron chi connectivity index (χ1n) is 5.23. The molecule has 0 aliphatic carbocycles. The number of aryl methyl sites for hydroxylation is 2. The minimum absolute atomic E-state index is 0.546. The highest BCUT2D eigenvalue weighted by Crippen LogP contribution is 2.18. The fraction of sp³-hybridized carbons (Fsp3) is 0.417. The maximum atomic E-state index is 5.68. The highest BCUT2D eigenvalue weighted by Gasteiger charge is 2.06. The second-order valence-electron chi connectivity index (χ2n) is 3.81. The number of ether oxygens (including phenoxy) is 1. The summed E-state index contributed by atoms with van der Waals surface area (Å²) in [7, 11) is 0. The minimum Gasteiger partial charge on any atom is -0.485 e. The number of amidine groups is 1. The van der Waals surface area contributed by atoms with Crippen molar-refractivity contribution in [3.8, 4) is 5.75 Å². The lowest BCUT2D eigenvalue weighted by molar-refractivity contribution is 0.371. The van der Waals surface area contributed by atoms with E-state index in [9.17, 15) is 0 Å². The molecular formula is C12H16N2O. The molecule has 0 aromatic heterocycles. The molecule has 0 spiro atoms. The third kappa shape index (κ3) is 2.49. The van der Waals surface area contributed by atoms with Crippen LogP contribution in [0.15, 0.2) is 23.2 Å². The minimum atomic E-state index is 0.546. The predicted molar refractivity (Wildman–Crippen MR) is 61.7 cm³/mol. The molecule has 1 aliphatic heterocycles. The molecule has 0 fully saturated rings. The molecule has 0 amide bonds. The van der Waals surface area contributed by atoms with Gasteiger partial charge in [0.15, 0.2) is 0 Å². The maximum absolute atomic E-state index is 5.68. The molecular weight excluding hydrogens is 188 g/mol. The van der Waals surface area contributed by atoms with Crippen molar-refractivity contribution in [1.29, 1.82) is 0 Å². The lowest BCUT2D eigenvalue weighted by Crippen LogP contribution is -2.25. The number of aliphatic imine (C=N–C) groups is 1. The first-order chi connectivity index (χ1) is 7.25. The molecule has 0 bridgehead atoms. The molecule has 1 aromatic carbocycles. The summed E-state index contributed by atoms with van der Waals surface area (Å²) < 4.78 is 5.68. The van der Waals surface area contributed by atoms with Gasteiger partial charge in [-0.3, -0.25) is 4.99 Å². The van der Waals surface area contributed by atoms with E-state index in [0.717, 1.165) is 24.7 Å². The lowest BCUT2D eigenvalue weighted by atomic mass is 10.1. The summed E-state index contributed by atoms with van der Waals surface area (Å²) in [5.74, 6) is 1.90. The van der Waals surface area contributed by atoms with E-state index in [0.29, 0.717) is 6.61 Å². The van der Waals surface area contributed by atoms with Crippen molar-refractivity contribution in [3.63, 3.8) is 0 Å². The van der Waals surface area contributed by atoms with Crippen LogP contribution >= 0.6 is 0 Å². The van der Waals surface area contributed by atoms with E-state index < -0.39 is 0 Å². The zero-order chi connectivity index (χ0) is 10.7. The van der Waals surface area contributed by atoms with Crippen molar-refractivity contribution in [1.82, 2.24) is 5.32 Å². The lowest BCUT2D eigenvalue weighted by Gasteiger charge is -2.09. The van der Waals surface area contributed by atoms with E-state index in [4.69, 9.17) is 4.74 Å². The van der Waals surface area contributed by atoms with Crippen LogP contribution in [0.1, 0.15) is 11.1 Å². The van der Waals surface area contributed by atoms with Crippen LogP contribution in [-0.4, -0.2) is 25.5 Å². The van der Waals surface area contributed by atoms with E-state index in [1.165, 1.54) is 11.1 Å². The molecule has 2 rings (SSSR count). The molecule has 0 saturated heterocycles. The van der Waals surface area contributed by atoms with Crippen LogP contribution in [-0.2, 0) is 0 Å². The van der Waals surface area contributed by atoms with Crippen LogP contribution in [0.2, 0.25) is 0 Å². The Balaban J connectivity index is 1.98. The van der Waals surface area contributed by atoms with Gasteiger partial charge in [0.25, 0.3) is 0 Å². The van der Waals surface area contributed by atoms with Crippen LogP contribution < -0.4 is 10.1 Å². The van der Waals surface area contributed by atoms with Crippen LogP contribution in [0.5, 0.6) is 5.75 Å².